The van der Waals surface area contributed by atoms with Crippen LogP contribution in [0.25, 0.3) is 0 Å². The van der Waals surface area contributed by atoms with Gasteiger partial charge in [0.25, 0.3) is 0 Å². The fraction of sp³-hybridized carbons (Fsp3) is 1.00. The lowest BCUT2D eigenvalue weighted by Crippen LogP contribution is -2.36. The maximum atomic E-state index is 3.48. The molecule has 1 aliphatic carbocycles. The lowest BCUT2D eigenvalue weighted by molar-refractivity contribution is 0.226. The lowest BCUT2D eigenvalue weighted by Gasteiger charge is -2.24. The van der Waals surface area contributed by atoms with Crippen molar-refractivity contribution in [3.8, 4) is 0 Å². The van der Waals surface area contributed by atoms with Gasteiger partial charge in [0.2, 0.25) is 0 Å². The second-order valence-corrected chi connectivity index (χ2v) is 6.16. The second-order valence-electron chi connectivity index (χ2n) is 6.16. The molecule has 0 bridgehead atoms. The highest BCUT2D eigenvalue weighted by atomic mass is 15.2. The van der Waals surface area contributed by atoms with E-state index in [9.17, 15) is 0 Å². The summed E-state index contributed by atoms with van der Waals surface area (Å²) in [5.74, 6) is 2.11. The van der Waals surface area contributed by atoms with Crippen molar-refractivity contribution in [1.29, 1.82) is 0 Å². The molecule has 0 amide bonds. The summed E-state index contributed by atoms with van der Waals surface area (Å²) in [6.07, 6.45) is 5.84. The third kappa shape index (κ3) is 3.01. The van der Waals surface area contributed by atoms with Gasteiger partial charge in [-0.2, -0.15) is 0 Å². The van der Waals surface area contributed by atoms with E-state index in [-0.39, 0.29) is 0 Å². The van der Waals surface area contributed by atoms with Crippen LogP contribution in [0.1, 0.15) is 25.7 Å². The van der Waals surface area contributed by atoms with Crippen LogP contribution in [0, 0.1) is 11.8 Å². The van der Waals surface area contributed by atoms with Gasteiger partial charge in [-0.15, -0.1) is 0 Å². The van der Waals surface area contributed by atoms with Crippen molar-refractivity contribution in [2.75, 3.05) is 52.4 Å². The third-order valence-corrected chi connectivity index (χ3v) is 4.97. The van der Waals surface area contributed by atoms with Crippen LogP contribution in [0.3, 0.4) is 0 Å². The number of nitrogens with one attached hydrogen (secondary N) is 1. The normalized spacial score (nSPS) is 36.0. The van der Waals surface area contributed by atoms with Crippen molar-refractivity contribution in [2.45, 2.75) is 25.7 Å². The van der Waals surface area contributed by atoms with Crippen molar-refractivity contribution in [2.24, 2.45) is 11.8 Å². The van der Waals surface area contributed by atoms with Crippen LogP contribution in [0.15, 0.2) is 0 Å². The summed E-state index contributed by atoms with van der Waals surface area (Å²) in [5, 5.41) is 3.48. The quantitative estimate of drug-likeness (QED) is 0.790. The summed E-state index contributed by atoms with van der Waals surface area (Å²) >= 11 is 0. The fourth-order valence-electron chi connectivity index (χ4n) is 3.92. The summed E-state index contributed by atoms with van der Waals surface area (Å²) < 4.78 is 0. The van der Waals surface area contributed by atoms with E-state index in [1.807, 2.05) is 0 Å². The van der Waals surface area contributed by atoms with E-state index in [4.69, 9.17) is 0 Å². The van der Waals surface area contributed by atoms with Crippen LogP contribution in [0.2, 0.25) is 0 Å². The first-order valence-electron chi connectivity index (χ1n) is 7.57. The van der Waals surface area contributed by atoms with Gasteiger partial charge in [-0.1, -0.05) is 6.42 Å². The van der Waals surface area contributed by atoms with Crippen molar-refractivity contribution < 1.29 is 0 Å². The zero-order valence-corrected chi connectivity index (χ0v) is 11.0. The van der Waals surface area contributed by atoms with Crippen LogP contribution in [0.4, 0.5) is 0 Å². The highest BCUT2D eigenvalue weighted by Crippen LogP contribution is 2.37. The Morgan fingerprint density at radius 3 is 2.41 bits per heavy atom. The fourth-order valence-corrected chi connectivity index (χ4v) is 3.92. The Labute approximate surface area is 106 Å². The van der Waals surface area contributed by atoms with Crippen molar-refractivity contribution in [1.82, 2.24) is 15.1 Å². The minimum Gasteiger partial charge on any atom is -0.315 e. The highest BCUT2D eigenvalue weighted by molar-refractivity contribution is 4.88. The van der Waals surface area contributed by atoms with Crippen LogP contribution in [0.5, 0.6) is 0 Å². The second kappa shape index (κ2) is 5.68. The third-order valence-electron chi connectivity index (χ3n) is 4.97. The number of hydrogen-bond acceptors (Lipinski definition) is 3. The van der Waals surface area contributed by atoms with Crippen molar-refractivity contribution >= 4 is 0 Å². The van der Waals surface area contributed by atoms with Gasteiger partial charge in [-0.3, -0.25) is 0 Å². The maximum Gasteiger partial charge on any atom is 0.0110 e. The smallest absolute Gasteiger partial charge is 0.0110 e. The Bertz CT molecular complexity index is 224. The molecule has 98 valence electrons. The van der Waals surface area contributed by atoms with Crippen molar-refractivity contribution in [3.63, 3.8) is 0 Å². The van der Waals surface area contributed by atoms with Gasteiger partial charge in [-0.05, 0) is 44.2 Å². The Hall–Kier alpha value is -0.120. The molecular formula is C14H27N3. The maximum absolute atomic E-state index is 3.48. The predicted octanol–water partition coefficient (Wildman–Crippen LogP) is 1.01. The van der Waals surface area contributed by atoms with Gasteiger partial charge in [0, 0.05) is 39.3 Å². The molecule has 2 unspecified atom stereocenters. The Morgan fingerprint density at radius 1 is 0.824 bits per heavy atom. The average molecular weight is 237 g/mol. The molecule has 1 N–H and O–H groups in total. The number of likely N-dealkylation sites (tertiary alicyclic amines) is 1. The number of nitrogens with zero attached hydrogens (tertiary/aromatic N) is 2. The summed E-state index contributed by atoms with van der Waals surface area (Å²) in [7, 11) is 0. The molecule has 3 aliphatic rings. The molecule has 0 radical (unpaired) electrons. The van der Waals surface area contributed by atoms with E-state index in [2.05, 4.69) is 15.1 Å². The van der Waals surface area contributed by atoms with E-state index in [0.717, 1.165) is 11.8 Å². The van der Waals surface area contributed by atoms with Crippen LogP contribution in [-0.2, 0) is 0 Å². The molecule has 3 fully saturated rings. The average Bonchev–Trinajstić information content (AvgIpc) is 2.79. The van der Waals surface area contributed by atoms with Gasteiger partial charge in [0.15, 0.2) is 0 Å². The standard InChI is InChI=1S/C14H27N3/c1-3-13-11-17(12-14(13)4-1)10-9-16-7-2-5-15-6-8-16/h13-15H,1-12H2. The summed E-state index contributed by atoms with van der Waals surface area (Å²) in [6, 6.07) is 0. The SMILES string of the molecule is C1CC2CN(CCN3CCCNCC3)CC2C1. The molecule has 1 saturated carbocycles. The Morgan fingerprint density at radius 2 is 1.59 bits per heavy atom. The Balaban J connectivity index is 1.39. The molecule has 3 nitrogen and oxygen atoms in total. The van der Waals surface area contributed by atoms with Gasteiger partial charge in [0.1, 0.15) is 0 Å². The number of fused-ring (bicyclic) bond motifs is 1. The van der Waals surface area contributed by atoms with E-state index >= 15 is 0 Å². The molecule has 2 saturated heterocycles. The van der Waals surface area contributed by atoms with E-state index in [1.54, 1.807) is 0 Å². The highest BCUT2D eigenvalue weighted by Gasteiger charge is 2.35. The van der Waals surface area contributed by atoms with Gasteiger partial charge in [0.05, 0.1) is 0 Å². The first-order chi connectivity index (χ1) is 8.42. The Kier molecular flexibility index (Phi) is 3.99. The van der Waals surface area contributed by atoms with E-state index in [1.165, 1.54) is 78.0 Å². The summed E-state index contributed by atoms with van der Waals surface area (Å²) in [5.41, 5.74) is 0. The molecule has 2 atom stereocenters. The van der Waals surface area contributed by atoms with E-state index < -0.39 is 0 Å². The molecule has 0 aromatic heterocycles. The van der Waals surface area contributed by atoms with Crippen LogP contribution in [-0.4, -0.2) is 62.2 Å². The number of rotatable bonds is 3. The zero-order valence-electron chi connectivity index (χ0n) is 11.0. The molecular weight excluding hydrogens is 210 g/mol. The minimum atomic E-state index is 1.06. The van der Waals surface area contributed by atoms with Crippen LogP contribution >= 0.6 is 0 Å². The molecule has 3 heteroatoms. The molecule has 3 rings (SSSR count). The molecule has 17 heavy (non-hydrogen) atoms. The summed E-state index contributed by atoms with van der Waals surface area (Å²) in [6.45, 7) is 10.4. The predicted molar refractivity (Wildman–Crippen MR) is 71.2 cm³/mol. The lowest BCUT2D eigenvalue weighted by atomic mass is 10.0. The van der Waals surface area contributed by atoms with Crippen molar-refractivity contribution in [3.05, 3.63) is 0 Å². The molecule has 0 aromatic carbocycles. The van der Waals surface area contributed by atoms with E-state index in [0.29, 0.717) is 0 Å². The summed E-state index contributed by atoms with van der Waals surface area (Å²) in [4.78, 5) is 5.38. The largest absolute Gasteiger partial charge is 0.315 e. The topological polar surface area (TPSA) is 18.5 Å². The number of hydrogen-bond donors (Lipinski definition) is 1. The molecule has 2 aliphatic heterocycles. The minimum absolute atomic E-state index is 1.06. The van der Waals surface area contributed by atoms with Crippen LogP contribution < -0.4 is 5.32 Å². The zero-order chi connectivity index (χ0) is 11.5. The first kappa shape index (κ1) is 11.9. The molecule has 0 spiro atoms. The van der Waals surface area contributed by atoms with Gasteiger partial charge in [-0.25, -0.2) is 0 Å². The monoisotopic (exact) mass is 237 g/mol. The van der Waals surface area contributed by atoms with Gasteiger partial charge < -0.3 is 15.1 Å². The first-order valence-corrected chi connectivity index (χ1v) is 7.57. The van der Waals surface area contributed by atoms with Gasteiger partial charge >= 0.3 is 0 Å². The molecule has 2 heterocycles. The molecule has 0 aromatic rings.